The van der Waals surface area contributed by atoms with Crippen LogP contribution in [-0.4, -0.2) is 24.5 Å². The maximum atomic E-state index is 11.4. The molecule has 1 aliphatic heterocycles. The highest BCUT2D eigenvalue weighted by Gasteiger charge is 2.28. The highest BCUT2D eigenvalue weighted by Crippen LogP contribution is 2.29. The van der Waals surface area contributed by atoms with Crippen molar-refractivity contribution < 1.29 is 8.42 Å². The van der Waals surface area contributed by atoms with Crippen LogP contribution in [0.15, 0.2) is 4.40 Å². The molecule has 1 heterocycles. The van der Waals surface area contributed by atoms with Crippen LogP contribution in [0.3, 0.4) is 0 Å². The second-order valence-electron chi connectivity index (χ2n) is 4.14. The average Bonchev–Trinajstić information content (AvgIpc) is 1.98. The van der Waals surface area contributed by atoms with E-state index in [9.17, 15) is 8.42 Å². The zero-order chi connectivity index (χ0) is 10.9. The molecule has 14 heavy (non-hydrogen) atoms. The highest BCUT2D eigenvalue weighted by atomic mass is 32.2. The smallest absolute Gasteiger partial charge is 0.205 e. The van der Waals surface area contributed by atoms with Crippen molar-refractivity contribution in [2.24, 2.45) is 16.2 Å². The minimum absolute atomic E-state index is 0.133. The molecule has 82 valence electrons. The van der Waals surface area contributed by atoms with Gasteiger partial charge in [0.15, 0.2) is 0 Å². The van der Waals surface area contributed by atoms with E-state index in [0.717, 1.165) is 5.04 Å². The molecule has 1 rings (SSSR count). The van der Waals surface area contributed by atoms with Gasteiger partial charge in [-0.25, -0.2) is 8.42 Å². The van der Waals surface area contributed by atoms with E-state index in [2.05, 4.69) is 18.2 Å². The maximum Gasteiger partial charge on any atom is 0.254 e. The van der Waals surface area contributed by atoms with Crippen molar-refractivity contribution >= 4 is 26.8 Å². The summed E-state index contributed by atoms with van der Waals surface area (Å²) in [7, 11) is -3.19. The normalized spacial score (nSPS) is 28.6. The van der Waals surface area contributed by atoms with Crippen molar-refractivity contribution in [3.05, 3.63) is 0 Å². The standard InChI is InChI=1S/C9H17NO2S2/c1-6(2)8(4)9-10-14(11,12)5-7(3)13-9/h6-8H,5H2,1-4H3. The van der Waals surface area contributed by atoms with E-state index < -0.39 is 10.0 Å². The first-order chi connectivity index (χ1) is 6.32. The zero-order valence-corrected chi connectivity index (χ0v) is 10.7. The molecule has 0 aromatic heterocycles. The lowest BCUT2D eigenvalue weighted by atomic mass is 10.00. The quantitative estimate of drug-likeness (QED) is 0.736. The first kappa shape index (κ1) is 12.0. The molecule has 0 aliphatic carbocycles. The molecule has 0 fully saturated rings. The lowest BCUT2D eigenvalue weighted by Crippen LogP contribution is -2.26. The van der Waals surface area contributed by atoms with Crippen molar-refractivity contribution in [2.45, 2.75) is 32.9 Å². The van der Waals surface area contributed by atoms with Crippen LogP contribution >= 0.6 is 11.8 Å². The Morgan fingerprint density at radius 1 is 1.43 bits per heavy atom. The fraction of sp³-hybridized carbons (Fsp3) is 0.889. The molecule has 1 aliphatic rings. The van der Waals surface area contributed by atoms with Gasteiger partial charge in [-0.3, -0.25) is 0 Å². The van der Waals surface area contributed by atoms with Crippen LogP contribution < -0.4 is 0 Å². The average molecular weight is 235 g/mol. The second kappa shape index (κ2) is 4.23. The summed E-state index contributed by atoms with van der Waals surface area (Å²) in [4.78, 5) is 0. The third-order valence-electron chi connectivity index (χ3n) is 2.39. The summed E-state index contributed by atoms with van der Waals surface area (Å²) in [5, 5.41) is 0.910. The summed E-state index contributed by atoms with van der Waals surface area (Å²) in [6, 6.07) is 0. The van der Waals surface area contributed by atoms with E-state index in [0.29, 0.717) is 5.92 Å². The van der Waals surface area contributed by atoms with Gasteiger partial charge in [0.25, 0.3) is 10.0 Å². The van der Waals surface area contributed by atoms with Gasteiger partial charge in [0, 0.05) is 11.2 Å². The Labute approximate surface area is 90.4 Å². The van der Waals surface area contributed by atoms with Crippen LogP contribution in [-0.2, 0) is 10.0 Å². The van der Waals surface area contributed by atoms with Crippen molar-refractivity contribution in [3.63, 3.8) is 0 Å². The van der Waals surface area contributed by atoms with Crippen molar-refractivity contribution in [3.8, 4) is 0 Å². The summed E-state index contributed by atoms with van der Waals surface area (Å²) in [6.07, 6.45) is 0. The second-order valence-corrected chi connectivity index (χ2v) is 7.28. The molecule has 5 heteroatoms. The van der Waals surface area contributed by atoms with Crippen LogP contribution in [0.5, 0.6) is 0 Å². The summed E-state index contributed by atoms with van der Waals surface area (Å²) < 4.78 is 26.6. The van der Waals surface area contributed by atoms with E-state index in [4.69, 9.17) is 0 Å². The van der Waals surface area contributed by atoms with Gasteiger partial charge >= 0.3 is 0 Å². The molecule has 0 saturated heterocycles. The number of thioether (sulfide) groups is 1. The van der Waals surface area contributed by atoms with Crippen molar-refractivity contribution in [2.75, 3.05) is 5.75 Å². The van der Waals surface area contributed by atoms with Crippen molar-refractivity contribution in [1.29, 1.82) is 0 Å². The number of hydrogen-bond donors (Lipinski definition) is 0. The number of nitrogens with zero attached hydrogens (tertiary/aromatic N) is 1. The summed E-state index contributed by atoms with van der Waals surface area (Å²) in [5.74, 6) is 0.839. The fourth-order valence-electron chi connectivity index (χ4n) is 1.21. The monoisotopic (exact) mass is 235 g/mol. The van der Waals surface area contributed by atoms with Crippen LogP contribution in [0.2, 0.25) is 0 Å². The Balaban J connectivity index is 2.94. The van der Waals surface area contributed by atoms with Gasteiger partial charge in [-0.1, -0.05) is 27.7 Å². The van der Waals surface area contributed by atoms with E-state index in [1.165, 1.54) is 0 Å². The number of hydrogen-bond acceptors (Lipinski definition) is 3. The number of rotatable bonds is 2. The predicted octanol–water partition coefficient (Wildman–Crippen LogP) is 2.14. The molecule has 0 bridgehead atoms. The molecule has 0 aromatic carbocycles. The highest BCUT2D eigenvalue weighted by molar-refractivity contribution is 8.16. The molecule has 0 aromatic rings. The lowest BCUT2D eigenvalue weighted by Gasteiger charge is -2.23. The minimum Gasteiger partial charge on any atom is -0.205 e. The Hall–Kier alpha value is -0.0300. The molecular weight excluding hydrogens is 218 g/mol. The molecule has 0 spiro atoms. The van der Waals surface area contributed by atoms with E-state index >= 15 is 0 Å². The van der Waals surface area contributed by atoms with Crippen LogP contribution in [0.1, 0.15) is 27.7 Å². The van der Waals surface area contributed by atoms with Gasteiger partial charge in [0.2, 0.25) is 0 Å². The Bertz CT molecular complexity index is 333. The predicted molar refractivity (Wildman–Crippen MR) is 62.3 cm³/mol. The third kappa shape index (κ3) is 2.98. The largest absolute Gasteiger partial charge is 0.254 e. The molecule has 0 radical (unpaired) electrons. The lowest BCUT2D eigenvalue weighted by molar-refractivity contribution is 0.536. The SMILES string of the molecule is CC1CS(=O)(=O)N=C(C(C)C(C)C)S1. The summed E-state index contributed by atoms with van der Waals surface area (Å²) >= 11 is 1.60. The fourth-order valence-corrected chi connectivity index (χ4v) is 4.52. The Kier molecular flexibility index (Phi) is 3.63. The molecule has 0 N–H and O–H groups in total. The Morgan fingerprint density at radius 2 is 2.00 bits per heavy atom. The van der Waals surface area contributed by atoms with Gasteiger partial charge in [0.1, 0.15) is 0 Å². The van der Waals surface area contributed by atoms with Gasteiger partial charge in [-0.15, -0.1) is 11.8 Å². The molecule has 3 nitrogen and oxygen atoms in total. The molecule has 0 amide bonds. The zero-order valence-electron chi connectivity index (χ0n) is 9.02. The minimum atomic E-state index is -3.19. The van der Waals surface area contributed by atoms with E-state index in [1.807, 2.05) is 13.8 Å². The van der Waals surface area contributed by atoms with Gasteiger partial charge in [-0.2, -0.15) is 4.40 Å². The summed E-state index contributed by atoms with van der Waals surface area (Å²) in [6.45, 7) is 8.13. The Morgan fingerprint density at radius 3 is 2.43 bits per heavy atom. The van der Waals surface area contributed by atoms with E-state index in [-0.39, 0.29) is 16.9 Å². The molecule has 2 unspecified atom stereocenters. The topological polar surface area (TPSA) is 46.5 Å². The van der Waals surface area contributed by atoms with Crippen LogP contribution in [0, 0.1) is 11.8 Å². The van der Waals surface area contributed by atoms with Crippen LogP contribution in [0.25, 0.3) is 0 Å². The maximum absolute atomic E-state index is 11.4. The number of sulfonamides is 1. The third-order valence-corrected chi connectivity index (χ3v) is 5.38. The molecular formula is C9H17NO2S2. The van der Waals surface area contributed by atoms with Gasteiger partial charge < -0.3 is 0 Å². The first-order valence-corrected chi connectivity index (χ1v) is 7.30. The molecule has 0 saturated carbocycles. The van der Waals surface area contributed by atoms with Crippen LogP contribution in [0.4, 0.5) is 0 Å². The summed E-state index contributed by atoms with van der Waals surface area (Å²) in [5.41, 5.74) is 0. The van der Waals surface area contributed by atoms with Crippen molar-refractivity contribution in [1.82, 2.24) is 0 Å². The van der Waals surface area contributed by atoms with Gasteiger partial charge in [-0.05, 0) is 5.92 Å². The molecule has 2 atom stereocenters. The van der Waals surface area contributed by atoms with Gasteiger partial charge in [0.05, 0.1) is 10.8 Å². The van der Waals surface area contributed by atoms with E-state index in [1.54, 1.807) is 11.8 Å². The first-order valence-electron chi connectivity index (χ1n) is 4.81.